The number of anilines is 1. The van der Waals surface area contributed by atoms with Crippen LogP contribution in [0.3, 0.4) is 0 Å². The summed E-state index contributed by atoms with van der Waals surface area (Å²) in [5, 5.41) is 14.0. The minimum absolute atomic E-state index is 0.0104. The van der Waals surface area contributed by atoms with Crippen LogP contribution in [0.2, 0.25) is 0 Å². The lowest BCUT2D eigenvalue weighted by Crippen LogP contribution is -2.43. The number of benzene rings is 1. The lowest BCUT2D eigenvalue weighted by molar-refractivity contribution is -0.126. The predicted molar refractivity (Wildman–Crippen MR) is 86.8 cm³/mol. The minimum Gasteiger partial charge on any atom is -0.351 e. The summed E-state index contributed by atoms with van der Waals surface area (Å²) in [6.07, 6.45) is 1.39. The van der Waals surface area contributed by atoms with Gasteiger partial charge in [0.2, 0.25) is 11.8 Å². The van der Waals surface area contributed by atoms with E-state index in [4.69, 9.17) is 0 Å². The van der Waals surface area contributed by atoms with Gasteiger partial charge in [-0.3, -0.25) is 15.0 Å². The smallest absolute Gasteiger partial charge is 0.229 e. The SMILES string of the molecule is O=C(NC1CC(=O)N(c2ccccc2)C1)C1CNNC1n1cnnn1. The molecular weight excluding hydrogens is 324 g/mol. The van der Waals surface area contributed by atoms with Crippen molar-refractivity contribution in [3.63, 3.8) is 0 Å². The molecule has 4 rings (SSSR count). The molecule has 2 aromatic rings. The Balaban J connectivity index is 1.41. The first kappa shape index (κ1) is 15.7. The first-order valence-corrected chi connectivity index (χ1v) is 8.09. The van der Waals surface area contributed by atoms with Gasteiger partial charge < -0.3 is 10.2 Å². The average Bonchev–Trinajstić information content (AvgIpc) is 3.35. The zero-order chi connectivity index (χ0) is 17.2. The van der Waals surface area contributed by atoms with Gasteiger partial charge in [-0.05, 0) is 22.6 Å². The van der Waals surface area contributed by atoms with E-state index in [-0.39, 0.29) is 29.9 Å². The molecule has 2 fully saturated rings. The topological polar surface area (TPSA) is 117 Å². The fraction of sp³-hybridized carbons (Fsp3) is 0.400. The molecule has 2 amide bonds. The van der Waals surface area contributed by atoms with Gasteiger partial charge in [0.15, 0.2) is 0 Å². The first-order chi connectivity index (χ1) is 12.2. The molecule has 25 heavy (non-hydrogen) atoms. The van der Waals surface area contributed by atoms with Crippen molar-refractivity contribution in [2.45, 2.75) is 18.6 Å². The third-order valence-corrected chi connectivity index (χ3v) is 4.48. The van der Waals surface area contributed by atoms with Gasteiger partial charge in [0.1, 0.15) is 12.5 Å². The molecule has 0 saturated carbocycles. The third kappa shape index (κ3) is 3.08. The molecule has 0 spiro atoms. The van der Waals surface area contributed by atoms with Crippen LogP contribution in [0.1, 0.15) is 12.6 Å². The summed E-state index contributed by atoms with van der Waals surface area (Å²) in [5.74, 6) is -0.494. The van der Waals surface area contributed by atoms with Crippen LogP contribution in [-0.2, 0) is 9.59 Å². The lowest BCUT2D eigenvalue weighted by Gasteiger charge is -2.20. The Morgan fingerprint density at radius 3 is 2.88 bits per heavy atom. The summed E-state index contributed by atoms with van der Waals surface area (Å²) in [4.78, 5) is 26.6. The molecule has 3 N–H and O–H groups in total. The first-order valence-electron chi connectivity index (χ1n) is 8.09. The molecular formula is C15H18N8O2. The Kier molecular flexibility index (Phi) is 4.12. The second kappa shape index (κ2) is 6.57. The largest absolute Gasteiger partial charge is 0.351 e. The summed E-state index contributed by atoms with van der Waals surface area (Å²) < 4.78 is 1.50. The van der Waals surface area contributed by atoms with E-state index in [1.54, 1.807) is 4.90 Å². The van der Waals surface area contributed by atoms with Crippen LogP contribution < -0.4 is 21.1 Å². The molecule has 1 aromatic carbocycles. The van der Waals surface area contributed by atoms with Crippen molar-refractivity contribution in [3.05, 3.63) is 36.7 Å². The summed E-state index contributed by atoms with van der Waals surface area (Å²) in [6.45, 7) is 0.928. The highest BCUT2D eigenvalue weighted by Crippen LogP contribution is 2.22. The van der Waals surface area contributed by atoms with Crippen LogP contribution in [0.25, 0.3) is 0 Å². The van der Waals surface area contributed by atoms with Crippen molar-refractivity contribution in [3.8, 4) is 0 Å². The Morgan fingerprint density at radius 2 is 2.12 bits per heavy atom. The molecule has 3 unspecified atom stereocenters. The second-order valence-electron chi connectivity index (χ2n) is 6.12. The van der Waals surface area contributed by atoms with Gasteiger partial charge in [0.05, 0.1) is 12.0 Å². The lowest BCUT2D eigenvalue weighted by atomic mass is 10.1. The molecule has 2 aliphatic rings. The monoisotopic (exact) mass is 342 g/mol. The van der Waals surface area contributed by atoms with E-state index < -0.39 is 0 Å². The standard InChI is InChI=1S/C15H18N8O2/c24-13-6-10(8-22(13)11-4-2-1-3-5-11)18-15(25)12-7-16-19-14(12)23-9-17-20-21-23/h1-5,9-10,12,14,16,19H,6-8H2,(H,18,25). The summed E-state index contributed by atoms with van der Waals surface area (Å²) in [5.41, 5.74) is 6.79. The number of tetrazole rings is 1. The van der Waals surface area contributed by atoms with Gasteiger partial charge in [0.25, 0.3) is 0 Å². The number of carbonyl (C=O) groups excluding carboxylic acids is 2. The van der Waals surface area contributed by atoms with Gasteiger partial charge in [-0.15, -0.1) is 5.10 Å². The molecule has 1 aromatic heterocycles. The number of hydrogen-bond acceptors (Lipinski definition) is 7. The third-order valence-electron chi connectivity index (χ3n) is 4.48. The second-order valence-corrected chi connectivity index (χ2v) is 6.12. The van der Waals surface area contributed by atoms with E-state index in [9.17, 15) is 9.59 Å². The molecule has 0 aliphatic carbocycles. The number of hydrogen-bond donors (Lipinski definition) is 3. The predicted octanol–water partition coefficient (Wildman–Crippen LogP) is -1.18. The molecule has 3 heterocycles. The quantitative estimate of drug-likeness (QED) is 0.640. The van der Waals surface area contributed by atoms with Gasteiger partial charge in [-0.1, -0.05) is 18.2 Å². The Labute approximate surface area is 143 Å². The van der Waals surface area contributed by atoms with E-state index in [2.05, 4.69) is 31.7 Å². The highest BCUT2D eigenvalue weighted by molar-refractivity contribution is 5.96. The van der Waals surface area contributed by atoms with Crippen LogP contribution in [0, 0.1) is 5.92 Å². The summed E-state index contributed by atoms with van der Waals surface area (Å²) in [6, 6.07) is 9.25. The fourth-order valence-corrected chi connectivity index (χ4v) is 3.24. The van der Waals surface area contributed by atoms with E-state index in [0.717, 1.165) is 5.69 Å². The highest BCUT2D eigenvalue weighted by atomic mass is 16.2. The maximum Gasteiger partial charge on any atom is 0.229 e. The van der Waals surface area contributed by atoms with Gasteiger partial charge in [0, 0.05) is 25.2 Å². The van der Waals surface area contributed by atoms with Gasteiger partial charge >= 0.3 is 0 Å². The van der Waals surface area contributed by atoms with E-state index in [0.29, 0.717) is 19.5 Å². The number of nitrogens with one attached hydrogen (secondary N) is 3. The maximum atomic E-state index is 12.7. The molecule has 10 heteroatoms. The molecule has 2 aliphatic heterocycles. The number of rotatable bonds is 4. The van der Waals surface area contributed by atoms with Crippen molar-refractivity contribution in [1.29, 1.82) is 0 Å². The molecule has 130 valence electrons. The van der Waals surface area contributed by atoms with Crippen LogP contribution >= 0.6 is 0 Å². The molecule has 2 saturated heterocycles. The zero-order valence-corrected chi connectivity index (χ0v) is 13.4. The van der Waals surface area contributed by atoms with Crippen molar-refractivity contribution in [2.75, 3.05) is 18.0 Å². The molecule has 0 bridgehead atoms. The number of nitrogens with zero attached hydrogens (tertiary/aromatic N) is 5. The van der Waals surface area contributed by atoms with E-state index >= 15 is 0 Å². The Bertz CT molecular complexity index is 750. The van der Waals surface area contributed by atoms with E-state index in [1.807, 2.05) is 30.3 Å². The number of hydrazine groups is 1. The van der Waals surface area contributed by atoms with Crippen LogP contribution in [0.15, 0.2) is 36.7 Å². The summed E-state index contributed by atoms with van der Waals surface area (Å²) >= 11 is 0. The zero-order valence-electron chi connectivity index (χ0n) is 13.4. The average molecular weight is 342 g/mol. The van der Waals surface area contributed by atoms with Crippen LogP contribution in [0.5, 0.6) is 0 Å². The Morgan fingerprint density at radius 1 is 1.28 bits per heavy atom. The number of para-hydroxylation sites is 1. The molecule has 3 atom stereocenters. The summed E-state index contributed by atoms with van der Waals surface area (Å²) in [7, 11) is 0. The van der Waals surface area contributed by atoms with Crippen LogP contribution in [-0.4, -0.2) is 51.2 Å². The fourth-order valence-electron chi connectivity index (χ4n) is 3.24. The van der Waals surface area contributed by atoms with Gasteiger partial charge in [-0.25, -0.2) is 10.1 Å². The minimum atomic E-state index is -0.371. The van der Waals surface area contributed by atoms with Gasteiger partial charge in [-0.2, -0.15) is 0 Å². The Hall–Kier alpha value is -2.85. The highest BCUT2D eigenvalue weighted by Gasteiger charge is 2.38. The number of amides is 2. The number of carbonyl (C=O) groups is 2. The van der Waals surface area contributed by atoms with Crippen molar-refractivity contribution in [1.82, 2.24) is 36.4 Å². The van der Waals surface area contributed by atoms with E-state index in [1.165, 1.54) is 11.0 Å². The molecule has 0 radical (unpaired) electrons. The van der Waals surface area contributed by atoms with Crippen molar-refractivity contribution < 1.29 is 9.59 Å². The van der Waals surface area contributed by atoms with Crippen molar-refractivity contribution >= 4 is 17.5 Å². The number of aromatic nitrogens is 4. The normalized spacial score (nSPS) is 26.2. The van der Waals surface area contributed by atoms with Crippen LogP contribution in [0.4, 0.5) is 5.69 Å². The maximum absolute atomic E-state index is 12.7. The van der Waals surface area contributed by atoms with Crippen molar-refractivity contribution in [2.24, 2.45) is 5.92 Å². The molecule has 10 nitrogen and oxygen atoms in total.